The highest BCUT2D eigenvalue weighted by Crippen LogP contribution is 2.13. The summed E-state index contributed by atoms with van der Waals surface area (Å²) >= 11 is 0. The van der Waals surface area contributed by atoms with Gasteiger partial charge in [0.2, 0.25) is 0 Å². The highest BCUT2D eigenvalue weighted by atomic mass is 16.4. The van der Waals surface area contributed by atoms with Gasteiger partial charge in [-0.15, -0.1) is 0 Å². The third-order valence-corrected chi connectivity index (χ3v) is 3.44. The Bertz CT molecular complexity index is 990. The molecule has 27 heavy (non-hydrogen) atoms. The molecular formula is C18H13N5O4. The van der Waals surface area contributed by atoms with Gasteiger partial charge in [0.25, 0.3) is 11.8 Å². The number of amides is 2. The minimum Gasteiger partial charge on any atom is -0.476 e. The number of rotatable bonds is 5. The Balaban J connectivity index is 1.70. The van der Waals surface area contributed by atoms with E-state index in [-0.39, 0.29) is 11.6 Å². The van der Waals surface area contributed by atoms with Crippen molar-refractivity contribution in [1.82, 2.24) is 15.0 Å². The van der Waals surface area contributed by atoms with Gasteiger partial charge in [-0.2, -0.15) is 0 Å². The molecule has 3 aromatic rings. The quantitative estimate of drug-likeness (QED) is 0.631. The molecule has 3 N–H and O–H groups in total. The molecule has 1 aromatic carbocycles. The summed E-state index contributed by atoms with van der Waals surface area (Å²) in [5.74, 6) is -2.40. The second kappa shape index (κ2) is 7.83. The van der Waals surface area contributed by atoms with Gasteiger partial charge in [0.15, 0.2) is 11.4 Å². The number of benzene rings is 1. The number of hydrogen-bond donors (Lipinski definition) is 3. The fourth-order valence-electron chi connectivity index (χ4n) is 2.20. The van der Waals surface area contributed by atoms with Crippen molar-refractivity contribution in [3.8, 4) is 0 Å². The standard InChI is InChI=1S/C18H13N5O4/c24-16(23-13-2-1-7-19-10-13)11-3-5-12(6-4-11)22-17(25)14-15(18(26)27)21-9-8-20-14/h1-10H,(H,22,25)(H,23,24)(H,26,27). The summed E-state index contributed by atoms with van der Waals surface area (Å²) in [4.78, 5) is 46.8. The monoisotopic (exact) mass is 363 g/mol. The Labute approximate surface area is 153 Å². The summed E-state index contributed by atoms with van der Waals surface area (Å²) in [6.45, 7) is 0. The molecule has 0 aliphatic heterocycles. The van der Waals surface area contributed by atoms with Crippen LogP contribution < -0.4 is 10.6 Å². The Kier molecular flexibility index (Phi) is 5.12. The van der Waals surface area contributed by atoms with Gasteiger partial charge < -0.3 is 15.7 Å². The van der Waals surface area contributed by atoms with Gasteiger partial charge in [-0.1, -0.05) is 0 Å². The lowest BCUT2D eigenvalue weighted by molar-refractivity contribution is 0.0684. The van der Waals surface area contributed by atoms with Crippen LogP contribution in [0.2, 0.25) is 0 Å². The van der Waals surface area contributed by atoms with E-state index in [1.54, 1.807) is 18.3 Å². The molecular weight excluding hydrogens is 350 g/mol. The average molecular weight is 363 g/mol. The van der Waals surface area contributed by atoms with Crippen molar-refractivity contribution in [1.29, 1.82) is 0 Å². The number of carboxylic acid groups (broad SMARTS) is 1. The van der Waals surface area contributed by atoms with Crippen molar-refractivity contribution in [2.75, 3.05) is 10.6 Å². The minimum atomic E-state index is -1.35. The largest absolute Gasteiger partial charge is 0.476 e. The molecule has 0 unspecified atom stereocenters. The molecule has 0 saturated heterocycles. The minimum absolute atomic E-state index is 0.302. The summed E-state index contributed by atoms with van der Waals surface area (Å²) in [5.41, 5.74) is 0.567. The third-order valence-electron chi connectivity index (χ3n) is 3.44. The molecule has 0 aliphatic carbocycles. The summed E-state index contributed by atoms with van der Waals surface area (Å²) < 4.78 is 0. The number of aromatic carboxylic acids is 1. The lowest BCUT2D eigenvalue weighted by Gasteiger charge is -2.08. The van der Waals surface area contributed by atoms with Crippen LogP contribution in [0.4, 0.5) is 11.4 Å². The van der Waals surface area contributed by atoms with Gasteiger partial charge in [0.05, 0.1) is 11.9 Å². The second-order valence-electron chi connectivity index (χ2n) is 5.29. The Morgan fingerprint density at radius 2 is 1.44 bits per heavy atom. The zero-order chi connectivity index (χ0) is 19.2. The number of anilines is 2. The highest BCUT2D eigenvalue weighted by molar-refractivity contribution is 6.09. The van der Waals surface area contributed by atoms with Crippen LogP contribution in [0.3, 0.4) is 0 Å². The van der Waals surface area contributed by atoms with Crippen LogP contribution in [0.25, 0.3) is 0 Å². The summed E-state index contributed by atoms with van der Waals surface area (Å²) in [5, 5.41) is 14.3. The highest BCUT2D eigenvalue weighted by Gasteiger charge is 2.19. The first-order valence-electron chi connectivity index (χ1n) is 7.71. The van der Waals surface area contributed by atoms with Crippen LogP contribution in [0, 0.1) is 0 Å². The van der Waals surface area contributed by atoms with E-state index in [0.29, 0.717) is 16.9 Å². The first-order valence-corrected chi connectivity index (χ1v) is 7.71. The van der Waals surface area contributed by atoms with Crippen molar-refractivity contribution >= 4 is 29.2 Å². The zero-order valence-electron chi connectivity index (χ0n) is 13.8. The number of carbonyl (C=O) groups excluding carboxylic acids is 2. The van der Waals surface area contributed by atoms with Crippen LogP contribution >= 0.6 is 0 Å². The molecule has 2 amide bonds. The van der Waals surface area contributed by atoms with Crippen molar-refractivity contribution in [2.24, 2.45) is 0 Å². The van der Waals surface area contributed by atoms with Crippen LogP contribution in [-0.2, 0) is 0 Å². The van der Waals surface area contributed by atoms with Gasteiger partial charge in [0.1, 0.15) is 0 Å². The number of carbonyl (C=O) groups is 3. The maximum atomic E-state index is 12.2. The van der Waals surface area contributed by atoms with E-state index < -0.39 is 17.6 Å². The summed E-state index contributed by atoms with van der Waals surface area (Å²) in [7, 11) is 0. The topological polar surface area (TPSA) is 134 Å². The van der Waals surface area contributed by atoms with Gasteiger partial charge in [-0.3, -0.25) is 14.6 Å². The maximum absolute atomic E-state index is 12.2. The molecule has 2 heterocycles. The van der Waals surface area contributed by atoms with Crippen LogP contribution in [0.5, 0.6) is 0 Å². The smallest absolute Gasteiger partial charge is 0.356 e. The molecule has 0 saturated carbocycles. The zero-order valence-corrected chi connectivity index (χ0v) is 13.8. The van der Waals surface area contributed by atoms with Crippen LogP contribution in [0.1, 0.15) is 31.3 Å². The molecule has 0 fully saturated rings. The summed E-state index contributed by atoms with van der Waals surface area (Å²) in [6, 6.07) is 9.50. The van der Waals surface area contributed by atoms with E-state index >= 15 is 0 Å². The fraction of sp³-hybridized carbons (Fsp3) is 0. The van der Waals surface area contributed by atoms with Gasteiger partial charge in [0, 0.05) is 29.8 Å². The Hall–Kier alpha value is -4.14. The van der Waals surface area contributed by atoms with E-state index in [0.717, 1.165) is 0 Å². The van der Waals surface area contributed by atoms with Gasteiger partial charge in [-0.05, 0) is 36.4 Å². The van der Waals surface area contributed by atoms with E-state index in [2.05, 4.69) is 25.6 Å². The molecule has 3 rings (SSSR count). The maximum Gasteiger partial charge on any atom is 0.356 e. The number of aromatic nitrogens is 3. The summed E-state index contributed by atoms with van der Waals surface area (Å²) in [6.07, 6.45) is 5.54. The predicted octanol–water partition coefficient (Wildman–Crippen LogP) is 2.07. The van der Waals surface area contributed by atoms with E-state index in [1.165, 1.54) is 42.9 Å². The molecule has 0 radical (unpaired) electrons. The van der Waals surface area contributed by atoms with Crippen molar-refractivity contribution in [2.45, 2.75) is 0 Å². The van der Waals surface area contributed by atoms with E-state index in [9.17, 15) is 14.4 Å². The number of carboxylic acids is 1. The number of nitrogens with zero attached hydrogens (tertiary/aromatic N) is 3. The molecule has 0 atom stereocenters. The fourth-order valence-corrected chi connectivity index (χ4v) is 2.20. The third kappa shape index (κ3) is 4.28. The first kappa shape index (κ1) is 17.7. The van der Waals surface area contributed by atoms with Crippen LogP contribution in [-0.4, -0.2) is 37.8 Å². The van der Waals surface area contributed by atoms with E-state index in [4.69, 9.17) is 5.11 Å². The van der Waals surface area contributed by atoms with E-state index in [1.807, 2.05) is 0 Å². The second-order valence-corrected chi connectivity index (χ2v) is 5.29. The van der Waals surface area contributed by atoms with Gasteiger partial charge >= 0.3 is 5.97 Å². The number of hydrogen-bond acceptors (Lipinski definition) is 6. The molecule has 0 bridgehead atoms. The van der Waals surface area contributed by atoms with Gasteiger partial charge in [-0.25, -0.2) is 14.8 Å². The normalized spacial score (nSPS) is 10.1. The molecule has 9 nitrogen and oxygen atoms in total. The molecule has 2 aromatic heterocycles. The predicted molar refractivity (Wildman–Crippen MR) is 95.6 cm³/mol. The van der Waals surface area contributed by atoms with Crippen molar-refractivity contribution < 1.29 is 19.5 Å². The Morgan fingerprint density at radius 3 is 2.07 bits per heavy atom. The van der Waals surface area contributed by atoms with Crippen molar-refractivity contribution in [3.63, 3.8) is 0 Å². The molecule has 9 heteroatoms. The lowest BCUT2D eigenvalue weighted by Crippen LogP contribution is -2.19. The first-order chi connectivity index (χ1) is 13.0. The molecule has 134 valence electrons. The molecule has 0 spiro atoms. The number of nitrogens with one attached hydrogen (secondary N) is 2. The lowest BCUT2D eigenvalue weighted by atomic mass is 10.2. The molecule has 0 aliphatic rings. The van der Waals surface area contributed by atoms with Crippen molar-refractivity contribution in [3.05, 3.63) is 78.1 Å². The van der Waals surface area contributed by atoms with Crippen LogP contribution in [0.15, 0.2) is 61.2 Å². The SMILES string of the molecule is O=C(Nc1cccnc1)c1ccc(NC(=O)c2nccnc2C(=O)O)cc1. The average Bonchev–Trinajstić information content (AvgIpc) is 2.69. The Morgan fingerprint density at radius 1 is 0.778 bits per heavy atom. The number of pyridine rings is 1.